The van der Waals surface area contributed by atoms with Crippen molar-refractivity contribution in [2.75, 3.05) is 35.6 Å². The van der Waals surface area contributed by atoms with E-state index in [0.29, 0.717) is 9.90 Å². The molecule has 3 N–H and O–H groups in total. The molecule has 1 aromatic carbocycles. The number of nitrogens with zero attached hydrogens (tertiary/aromatic N) is 3. The monoisotopic (exact) mass is 408 g/mol. The van der Waals surface area contributed by atoms with Crippen LogP contribution in [0, 0.1) is 0 Å². The van der Waals surface area contributed by atoms with Crippen LogP contribution in [0.1, 0.15) is 31.1 Å². The highest BCUT2D eigenvalue weighted by Gasteiger charge is 2.11. The average Bonchev–Trinajstić information content (AvgIpc) is 3.14. The fraction of sp³-hybridized carbons (Fsp3) is 0.412. The van der Waals surface area contributed by atoms with Crippen LogP contribution < -0.4 is 21.1 Å². The number of thioether (sulfide) groups is 1. The first-order valence-corrected chi connectivity index (χ1v) is 10.5. The van der Waals surface area contributed by atoms with E-state index >= 15 is 0 Å². The van der Waals surface area contributed by atoms with Gasteiger partial charge in [-0.1, -0.05) is 23.1 Å². The van der Waals surface area contributed by atoms with E-state index < -0.39 is 0 Å². The van der Waals surface area contributed by atoms with Gasteiger partial charge >= 0.3 is 0 Å². The van der Waals surface area contributed by atoms with E-state index in [2.05, 4.69) is 45.1 Å². The Hall–Kier alpha value is -2.33. The third-order valence-corrected chi connectivity index (χ3v) is 5.65. The van der Waals surface area contributed by atoms with E-state index in [9.17, 15) is 9.59 Å². The van der Waals surface area contributed by atoms with Crippen molar-refractivity contribution in [2.45, 2.75) is 25.1 Å². The molecule has 0 saturated heterocycles. The average molecular weight is 409 g/mol. The predicted molar refractivity (Wildman–Crippen MR) is 110 cm³/mol. The van der Waals surface area contributed by atoms with Gasteiger partial charge in [0, 0.05) is 30.9 Å². The minimum absolute atomic E-state index is 0.141. The molecule has 0 saturated carbocycles. The van der Waals surface area contributed by atoms with E-state index in [4.69, 9.17) is 0 Å². The molecule has 27 heavy (non-hydrogen) atoms. The summed E-state index contributed by atoms with van der Waals surface area (Å²) in [6, 6.07) is 7.29. The number of rotatable bonds is 9. The minimum atomic E-state index is -0.357. The van der Waals surface area contributed by atoms with Crippen molar-refractivity contribution in [3.63, 3.8) is 0 Å². The summed E-state index contributed by atoms with van der Waals surface area (Å²) in [7, 11) is 0. The molecular weight excluding hydrogens is 384 g/mol. The van der Waals surface area contributed by atoms with Crippen LogP contribution in [-0.2, 0) is 4.79 Å². The molecule has 0 radical (unpaired) electrons. The number of nitrogens with one attached hydrogen (secondary N) is 3. The van der Waals surface area contributed by atoms with Gasteiger partial charge in [0.15, 0.2) is 4.34 Å². The second-order valence-electron chi connectivity index (χ2n) is 5.41. The topological polar surface area (TPSA) is 99.2 Å². The summed E-state index contributed by atoms with van der Waals surface area (Å²) in [5.74, 6) is -0.528. The van der Waals surface area contributed by atoms with Crippen molar-refractivity contribution < 1.29 is 9.59 Å². The Kier molecular flexibility index (Phi) is 8.34. The number of hydrogen-bond acceptors (Lipinski definition) is 8. The van der Waals surface area contributed by atoms with Crippen molar-refractivity contribution in [1.29, 1.82) is 0 Å². The van der Waals surface area contributed by atoms with Crippen LogP contribution >= 0.6 is 23.1 Å². The molecule has 0 atom stereocenters. The zero-order valence-electron chi connectivity index (χ0n) is 15.6. The molecule has 0 aliphatic heterocycles. The lowest BCUT2D eigenvalue weighted by atomic mass is 10.2. The van der Waals surface area contributed by atoms with Gasteiger partial charge in [0.05, 0.1) is 5.75 Å². The van der Waals surface area contributed by atoms with Gasteiger partial charge in [-0.15, -0.1) is 10.2 Å². The molecule has 0 spiro atoms. The molecule has 2 aromatic rings. The zero-order chi connectivity index (χ0) is 19.6. The third-order valence-electron chi connectivity index (χ3n) is 3.63. The lowest BCUT2D eigenvalue weighted by Gasteiger charge is -2.21. The van der Waals surface area contributed by atoms with Crippen molar-refractivity contribution in [3.05, 3.63) is 29.8 Å². The first-order valence-electron chi connectivity index (χ1n) is 8.71. The van der Waals surface area contributed by atoms with E-state index in [1.807, 2.05) is 19.1 Å². The SMILES string of the molecule is CCNc1nnc(SCC(=O)NNC(=O)c2ccc(N(CC)CC)cc2)s1. The molecule has 8 nitrogen and oxygen atoms in total. The summed E-state index contributed by atoms with van der Waals surface area (Å²) in [5, 5.41) is 11.7. The zero-order valence-corrected chi connectivity index (χ0v) is 17.2. The highest BCUT2D eigenvalue weighted by molar-refractivity contribution is 8.01. The Labute approximate surface area is 167 Å². The molecule has 10 heteroatoms. The molecule has 0 aliphatic carbocycles. The van der Waals surface area contributed by atoms with Crippen LogP contribution in [0.25, 0.3) is 0 Å². The molecule has 0 aliphatic rings. The largest absolute Gasteiger partial charge is 0.372 e. The summed E-state index contributed by atoms with van der Waals surface area (Å²) in [6.07, 6.45) is 0. The Morgan fingerprint density at radius 1 is 1.07 bits per heavy atom. The summed E-state index contributed by atoms with van der Waals surface area (Å²) < 4.78 is 0.694. The maximum Gasteiger partial charge on any atom is 0.269 e. The van der Waals surface area contributed by atoms with Gasteiger partial charge in [-0.2, -0.15) is 0 Å². The van der Waals surface area contributed by atoms with E-state index in [1.54, 1.807) is 12.1 Å². The minimum Gasteiger partial charge on any atom is -0.372 e. The van der Waals surface area contributed by atoms with Crippen molar-refractivity contribution in [3.8, 4) is 0 Å². The number of carbonyl (C=O) groups is 2. The van der Waals surface area contributed by atoms with Crippen LogP contribution in [-0.4, -0.2) is 47.4 Å². The quantitative estimate of drug-likeness (QED) is 0.433. The smallest absolute Gasteiger partial charge is 0.269 e. The molecule has 1 heterocycles. The number of anilines is 2. The normalized spacial score (nSPS) is 10.3. The number of hydrogen-bond donors (Lipinski definition) is 3. The van der Waals surface area contributed by atoms with Gasteiger partial charge in [-0.3, -0.25) is 20.4 Å². The Morgan fingerprint density at radius 2 is 1.78 bits per heavy atom. The molecular formula is C17H24N6O2S2. The van der Waals surface area contributed by atoms with Gasteiger partial charge in [0.2, 0.25) is 11.0 Å². The van der Waals surface area contributed by atoms with Gasteiger partial charge in [0.1, 0.15) is 0 Å². The van der Waals surface area contributed by atoms with Crippen LogP contribution in [0.3, 0.4) is 0 Å². The lowest BCUT2D eigenvalue weighted by molar-refractivity contribution is -0.119. The van der Waals surface area contributed by atoms with Crippen LogP contribution in [0.2, 0.25) is 0 Å². The van der Waals surface area contributed by atoms with Crippen LogP contribution in [0.15, 0.2) is 28.6 Å². The molecule has 2 amide bonds. The lowest BCUT2D eigenvalue weighted by Crippen LogP contribution is -2.42. The number of aromatic nitrogens is 2. The van der Waals surface area contributed by atoms with Gasteiger partial charge in [-0.25, -0.2) is 0 Å². The van der Waals surface area contributed by atoms with Gasteiger partial charge < -0.3 is 10.2 Å². The molecule has 0 bridgehead atoms. The molecule has 0 fully saturated rings. The fourth-order valence-electron chi connectivity index (χ4n) is 2.27. The number of benzene rings is 1. The Balaban J connectivity index is 1.77. The van der Waals surface area contributed by atoms with Crippen molar-refractivity contribution in [2.24, 2.45) is 0 Å². The van der Waals surface area contributed by atoms with E-state index in [-0.39, 0.29) is 17.6 Å². The van der Waals surface area contributed by atoms with Crippen molar-refractivity contribution in [1.82, 2.24) is 21.0 Å². The summed E-state index contributed by atoms with van der Waals surface area (Å²) >= 11 is 2.66. The standard InChI is InChI=1S/C17H24N6O2S2/c1-4-18-16-21-22-17(27-16)26-11-14(24)19-20-15(25)12-7-9-13(10-8-12)23(5-2)6-3/h7-10H,4-6,11H2,1-3H3,(H,18,21)(H,19,24)(H,20,25). The van der Waals surface area contributed by atoms with Crippen LogP contribution in [0.4, 0.5) is 10.8 Å². The van der Waals surface area contributed by atoms with E-state index in [1.165, 1.54) is 23.1 Å². The molecule has 146 valence electrons. The number of hydrazine groups is 1. The first-order chi connectivity index (χ1) is 13.1. The van der Waals surface area contributed by atoms with Gasteiger partial charge in [-0.05, 0) is 45.0 Å². The second-order valence-corrected chi connectivity index (χ2v) is 7.61. The fourth-order valence-corrected chi connectivity index (χ4v) is 3.88. The van der Waals surface area contributed by atoms with Crippen molar-refractivity contribution >= 4 is 45.7 Å². The highest BCUT2D eigenvalue weighted by atomic mass is 32.2. The number of carbonyl (C=O) groups excluding carboxylic acids is 2. The second kappa shape index (κ2) is 10.7. The highest BCUT2D eigenvalue weighted by Crippen LogP contribution is 2.24. The maximum atomic E-state index is 12.1. The maximum absolute atomic E-state index is 12.1. The van der Waals surface area contributed by atoms with Crippen LogP contribution in [0.5, 0.6) is 0 Å². The van der Waals surface area contributed by atoms with E-state index in [0.717, 1.165) is 30.5 Å². The molecule has 1 aromatic heterocycles. The summed E-state index contributed by atoms with van der Waals surface area (Å²) in [5.41, 5.74) is 6.39. The first kappa shape index (κ1) is 21.0. The summed E-state index contributed by atoms with van der Waals surface area (Å²) in [6.45, 7) is 8.71. The Bertz CT molecular complexity index is 746. The number of amides is 2. The third kappa shape index (κ3) is 6.40. The Morgan fingerprint density at radius 3 is 2.41 bits per heavy atom. The van der Waals surface area contributed by atoms with Gasteiger partial charge in [0.25, 0.3) is 5.91 Å². The summed E-state index contributed by atoms with van der Waals surface area (Å²) in [4.78, 5) is 26.2. The molecule has 0 unspecified atom stereocenters. The molecule has 2 rings (SSSR count). The predicted octanol–water partition coefficient (Wildman–Crippen LogP) is 2.37.